The van der Waals surface area contributed by atoms with Crippen LogP contribution in [0.15, 0.2) is 108 Å². The van der Waals surface area contributed by atoms with Crippen molar-refractivity contribution < 1.29 is 82.7 Å². The molecule has 664 valence electrons. The number of likely N-dealkylation sites (N-methyl/N-ethyl adjacent to an activating group) is 2. The Bertz CT molecular complexity index is 4330. The van der Waals surface area contributed by atoms with Crippen molar-refractivity contribution in [2.24, 2.45) is 75.1 Å². The van der Waals surface area contributed by atoms with E-state index < -0.39 is 65.8 Å². The van der Waals surface area contributed by atoms with Gasteiger partial charge >= 0.3 is 0 Å². The summed E-state index contributed by atoms with van der Waals surface area (Å²) in [5.41, 5.74) is 6.75. The van der Waals surface area contributed by atoms with Crippen LogP contribution in [0.2, 0.25) is 0 Å². The summed E-state index contributed by atoms with van der Waals surface area (Å²) >= 11 is 0. The molecule has 0 aromatic heterocycles. The maximum atomic E-state index is 14.5. The number of amides is 3. The van der Waals surface area contributed by atoms with E-state index in [4.69, 9.17) is 33.4 Å². The van der Waals surface area contributed by atoms with Gasteiger partial charge in [0.15, 0.2) is 5.78 Å². The van der Waals surface area contributed by atoms with Crippen molar-refractivity contribution in [1.82, 2.24) is 35.9 Å². The number of methoxy groups -OCH3 is 2. The lowest BCUT2D eigenvalue weighted by atomic mass is 9.43. The minimum atomic E-state index is -0.954. The Morgan fingerprint density at radius 2 is 1.19 bits per heavy atom. The van der Waals surface area contributed by atoms with Crippen LogP contribution in [-0.2, 0) is 53.0 Å². The molecule has 18 atom stereocenters. The second-order valence-corrected chi connectivity index (χ2v) is 36.5. The molecule has 8 aliphatic rings. The fraction of sp³-hybridized carbons (Fsp3) is 0.624. The van der Waals surface area contributed by atoms with E-state index in [2.05, 4.69) is 91.1 Å². The maximum Gasteiger partial charge on any atom is 0.295 e. The quantitative estimate of drug-likeness (QED) is 0.00477. The highest BCUT2D eigenvalue weighted by atomic mass is 16.7. The number of para-hydroxylation sites is 2. The Kier molecular flexibility index (Phi) is 33.8. The number of rotatable bonds is 42. The molecular weight excluding hydrogens is 1540 g/mol. The number of ketones is 1. The Morgan fingerprint density at radius 1 is 0.661 bits per heavy atom. The van der Waals surface area contributed by atoms with E-state index in [0.717, 1.165) is 40.8 Å². The van der Waals surface area contributed by atoms with Gasteiger partial charge in [-0.2, -0.15) is 10.1 Å². The number of nitro benzene ring substituents is 1. The van der Waals surface area contributed by atoms with E-state index in [9.17, 15) is 49.7 Å². The van der Waals surface area contributed by atoms with Gasteiger partial charge in [-0.1, -0.05) is 122 Å². The van der Waals surface area contributed by atoms with E-state index in [1.807, 2.05) is 120 Å². The highest BCUT2D eigenvalue weighted by Crippen LogP contribution is 2.64. The van der Waals surface area contributed by atoms with E-state index >= 15 is 0 Å². The van der Waals surface area contributed by atoms with Gasteiger partial charge in [-0.25, -0.2) is 0 Å². The average molecular weight is 1680 g/mol. The molecule has 5 aromatic carbocycles. The monoisotopic (exact) mass is 1680 g/mol. The first-order valence-corrected chi connectivity index (χ1v) is 43.2. The second-order valence-electron chi connectivity index (χ2n) is 36.5. The molecule has 7 N–H and O–H groups in total. The third-order valence-corrected chi connectivity index (χ3v) is 27.1. The first kappa shape index (κ1) is 95.1. The summed E-state index contributed by atoms with van der Waals surface area (Å²) < 4.78 is 29.0. The zero-order chi connectivity index (χ0) is 87.9. The van der Waals surface area contributed by atoms with Crippen molar-refractivity contribution in [3.05, 3.63) is 141 Å². The zero-order valence-electron chi connectivity index (χ0n) is 74.3. The first-order chi connectivity index (χ1) is 57.6. The van der Waals surface area contributed by atoms with Crippen LogP contribution in [-0.4, -0.2) is 263 Å². The highest BCUT2D eigenvalue weighted by Gasteiger charge is 2.59. The number of nitrogens with one attached hydrogen (secondary N) is 3. The van der Waals surface area contributed by atoms with E-state index in [1.54, 1.807) is 44.2 Å². The molecule has 8 fully saturated rings. The van der Waals surface area contributed by atoms with Crippen LogP contribution in [0.4, 0.5) is 11.4 Å². The molecule has 0 spiro atoms. The van der Waals surface area contributed by atoms with Crippen LogP contribution in [0.3, 0.4) is 0 Å². The number of non-ortho nitro benzene ring substituents is 1. The molecule has 5 aromatic rings. The Morgan fingerprint density at radius 3 is 1.70 bits per heavy atom. The van der Waals surface area contributed by atoms with Crippen molar-refractivity contribution >= 4 is 41.6 Å². The van der Waals surface area contributed by atoms with Crippen LogP contribution >= 0.6 is 0 Å². The van der Waals surface area contributed by atoms with Crippen molar-refractivity contribution in [3.63, 3.8) is 0 Å². The molecule has 13 rings (SSSR count). The third kappa shape index (κ3) is 23.1. The van der Waals surface area contributed by atoms with Crippen LogP contribution < -0.4 is 30.3 Å². The number of anilines is 1. The van der Waals surface area contributed by atoms with Crippen LogP contribution in [0.25, 0.3) is 22.3 Å². The fourth-order valence-corrected chi connectivity index (χ4v) is 20.0. The predicted octanol–water partition coefficient (Wildman–Crippen LogP) is 10.1. The number of aliphatic hydroxyl groups is 4. The highest BCUT2D eigenvalue weighted by molar-refractivity contribution is 5.98. The van der Waals surface area contributed by atoms with Gasteiger partial charge in [0.2, 0.25) is 5.91 Å². The normalized spacial score (nSPS) is 25.5. The third-order valence-electron chi connectivity index (χ3n) is 27.1. The number of nitro groups is 1. The maximum absolute atomic E-state index is 14.5. The Labute approximate surface area is 715 Å². The van der Waals surface area contributed by atoms with Gasteiger partial charge in [0.25, 0.3) is 24.2 Å². The minimum absolute atomic E-state index is 0.00854. The number of carbonyl (C=O) groups excluding carboxylic acids is 4. The molecule has 3 amide bonds. The lowest BCUT2D eigenvalue weighted by Crippen LogP contribution is -2.62. The lowest BCUT2D eigenvalue weighted by Gasteiger charge is -2.62. The van der Waals surface area contributed by atoms with Gasteiger partial charge in [0.1, 0.15) is 42.3 Å². The first-order valence-electron chi connectivity index (χ1n) is 43.2. The van der Waals surface area contributed by atoms with E-state index in [1.165, 1.54) is 37.1 Å². The number of hydrogen-bond donors (Lipinski definition) is 7. The minimum Gasteiger partial charge on any atom is -0.496 e. The number of carbonyl (C=O) groups is 4. The summed E-state index contributed by atoms with van der Waals surface area (Å²) in [5.74, 6) is 2.18. The standard InChI is InChI=1S/C54H78N6O9.C39H57N5O8/c1-36-40(28-43-32-47(36)54(43,3)4)31-48(63)51-50(37(2)62)49(35-61)69-60(51)33-39-16-13-17-46(52(39)65-9)41-27-42(30-45(29-41)58(6)7)53(64)57-44(26-38-14-11-10-12-15-38)34-59(8)19-21-67-23-25-68-24-22-66-20-18-56-55-5;1-21(2)32(19-42(7)8)41-37(47)26-13-25(14-28(15-26)44(49)50)29-12-10-11-24(36(29)51-9)18-43-35(34(23(4)46)33(20-45)52-43)38(48)40-31-17-27-16-30(22(31)3)39(27,5)6/h10-17,27,29-30,36-37,40,43-44,47,49-51,61-62H,5,18-26,28,31-35H2,1-4,6-9H3;10-15,21-23,27,30-35,45-46H,16-20H2,1-9H3,(H,40,48)(H,41,47)/p+1/t36-,37+,40-,43+,44-,47+,49+,50-,51-;22-,23-,27+,30-,31-,32+,33-,34-,35-/m10/s1. The van der Waals surface area contributed by atoms with E-state index in [-0.39, 0.29) is 83.9 Å². The fourth-order valence-electron chi connectivity index (χ4n) is 20.0. The van der Waals surface area contributed by atoms with Gasteiger partial charge in [-0.3, -0.25) is 39.0 Å². The van der Waals surface area contributed by atoms with Gasteiger partial charge in [0.05, 0.1) is 102 Å². The molecule has 121 heavy (non-hydrogen) atoms. The summed E-state index contributed by atoms with van der Waals surface area (Å²) in [5, 5.41) is 71.5. The largest absolute Gasteiger partial charge is 0.496 e. The average Bonchev–Trinajstić information content (AvgIpc) is 1.35. The molecule has 28 nitrogen and oxygen atoms in total. The Balaban J connectivity index is 0.000000264. The number of ether oxygens (including phenoxy) is 5. The SMILES string of the molecule is C=[N+]=NCCOCCOCCOCCN(C)C[C@@H](Cc1ccccc1)NC(=O)c1cc(-c2cccc(CN3O[C@@H](CO)[C@@H]([C@H](C)O)[C@H]3C(=O)C[C@H]3C[C@H]4C[C@@H]([C@@H]3C)C4(C)C)c2OC)cc(N(C)C)c1.COc1c(CN2O[C@@H](CO)[C@H]([C@H](C)O)[C@H]2C(=O)N[C@H]2C[C@H]3C[C@@H]([C@@H]2C)C3(C)C)cccc1-c1cc(C(=O)N[C@H](CN(C)C)C(C)C)cc([N+](=O)[O-])c1. The number of hydrogen-bond acceptors (Lipinski definition) is 23. The van der Waals surface area contributed by atoms with Crippen LogP contribution in [0, 0.1) is 80.1 Å². The molecular formula is C93H136N11O17+. The van der Waals surface area contributed by atoms with Gasteiger partial charge < -0.3 is 74.8 Å². The second kappa shape index (κ2) is 43.0. The number of hydroxylamine groups is 4. The summed E-state index contributed by atoms with van der Waals surface area (Å²) in [7, 11) is 12.9. The summed E-state index contributed by atoms with van der Waals surface area (Å²) in [4.78, 5) is 90.4. The molecule has 2 saturated heterocycles. The molecule has 28 heteroatoms. The summed E-state index contributed by atoms with van der Waals surface area (Å²) in [6, 6.07) is 29.4. The van der Waals surface area contributed by atoms with Crippen molar-refractivity contribution in [1.29, 1.82) is 0 Å². The number of benzene rings is 5. The van der Waals surface area contributed by atoms with E-state index in [0.29, 0.717) is 153 Å². The molecule has 2 aliphatic heterocycles. The molecule has 4 bridgehead atoms. The molecule has 6 saturated carbocycles. The lowest BCUT2D eigenvalue weighted by molar-refractivity contribution is -0.384. The molecule has 2 heterocycles. The predicted molar refractivity (Wildman–Crippen MR) is 465 cm³/mol. The smallest absolute Gasteiger partial charge is 0.295 e. The number of fused-ring (bicyclic) bond motifs is 4. The topological polar surface area (TPSA) is 336 Å². The Hall–Kier alpha value is -8.16. The van der Waals surface area contributed by atoms with Gasteiger partial charge in [0, 0.05) is 126 Å². The molecule has 0 unspecified atom stereocenters. The van der Waals surface area contributed by atoms with Gasteiger partial charge in [-0.05, 0) is 166 Å². The van der Waals surface area contributed by atoms with Crippen LogP contribution in [0.1, 0.15) is 139 Å². The zero-order valence-corrected chi connectivity index (χ0v) is 74.3. The van der Waals surface area contributed by atoms with Crippen LogP contribution in [0.5, 0.6) is 11.5 Å². The number of nitrogens with zero attached hydrogens (tertiary/aromatic N) is 8. The summed E-state index contributed by atoms with van der Waals surface area (Å²) in [6.45, 7) is 29.2. The van der Waals surface area contributed by atoms with Gasteiger partial charge in [-0.15, -0.1) is 0 Å². The molecule has 6 aliphatic carbocycles. The number of Topliss-reactive ketones (excluding diaryl/α,β-unsaturated/α-hetero) is 1. The molecule has 0 radical (unpaired) electrons. The van der Waals surface area contributed by atoms with Crippen molar-refractivity contribution in [3.8, 4) is 33.8 Å². The number of aliphatic hydroxyl groups excluding tert-OH is 4. The summed E-state index contributed by atoms with van der Waals surface area (Å²) in [6.07, 6.45) is 1.96. The van der Waals surface area contributed by atoms with Crippen molar-refractivity contribution in [2.75, 3.05) is 133 Å². The van der Waals surface area contributed by atoms with Crippen molar-refractivity contribution in [2.45, 2.75) is 175 Å².